The number of rotatable bonds is 2. The smallest absolute Gasteiger partial charge is 0.166 e. The van der Waals surface area contributed by atoms with Crippen molar-refractivity contribution in [3.63, 3.8) is 0 Å². The Balaban J connectivity index is 2.41. The van der Waals surface area contributed by atoms with Crippen LogP contribution in [0.2, 0.25) is 0 Å². The number of halogens is 6. The fraction of sp³-hybridized carbons (Fsp3) is 0.571. The summed E-state index contributed by atoms with van der Waals surface area (Å²) in [4.78, 5) is 0. The van der Waals surface area contributed by atoms with E-state index < -0.39 is 23.5 Å². The molecule has 0 aromatic heterocycles. The first kappa shape index (κ1) is 16.5. The topological polar surface area (TPSA) is 0 Å². The van der Waals surface area contributed by atoms with E-state index in [2.05, 4.69) is 0 Å². The predicted octanol–water partition coefficient (Wildman–Crippen LogP) is 6.07. The standard InChI is InChI=1S/C14H14F6S/c1-2-11-3-4-12(21-11)8-5-9(13(15,16)17)7-10(6-8)14(18,19)20/h5-7,11-12H,2-4H2,1H3/t11-,12-/m1/s1. The Morgan fingerprint density at radius 2 is 1.48 bits per heavy atom. The van der Waals surface area contributed by atoms with Crippen LogP contribution in [0.1, 0.15) is 48.1 Å². The summed E-state index contributed by atoms with van der Waals surface area (Å²) in [6.07, 6.45) is -7.25. The molecule has 0 amide bonds. The van der Waals surface area contributed by atoms with E-state index in [0.29, 0.717) is 11.7 Å². The molecule has 118 valence electrons. The maximum absolute atomic E-state index is 12.8. The average Bonchev–Trinajstić information content (AvgIpc) is 2.85. The number of hydrogen-bond donors (Lipinski definition) is 0. The van der Waals surface area contributed by atoms with Gasteiger partial charge in [0, 0.05) is 10.5 Å². The third kappa shape index (κ3) is 3.87. The Hall–Kier alpha value is -0.850. The molecule has 1 saturated heterocycles. The van der Waals surface area contributed by atoms with Crippen LogP contribution in [0.25, 0.3) is 0 Å². The molecule has 0 radical (unpaired) electrons. The van der Waals surface area contributed by atoms with Gasteiger partial charge in [0.15, 0.2) is 0 Å². The lowest BCUT2D eigenvalue weighted by Crippen LogP contribution is -2.12. The summed E-state index contributed by atoms with van der Waals surface area (Å²) in [7, 11) is 0. The van der Waals surface area contributed by atoms with Crippen molar-refractivity contribution >= 4 is 11.8 Å². The average molecular weight is 328 g/mol. The second-order valence-electron chi connectivity index (χ2n) is 5.07. The van der Waals surface area contributed by atoms with E-state index in [9.17, 15) is 26.3 Å². The van der Waals surface area contributed by atoms with Gasteiger partial charge in [0.25, 0.3) is 0 Å². The monoisotopic (exact) mass is 328 g/mol. The van der Waals surface area contributed by atoms with E-state index in [1.807, 2.05) is 6.92 Å². The second kappa shape index (κ2) is 5.74. The van der Waals surface area contributed by atoms with Gasteiger partial charge in [-0.2, -0.15) is 38.1 Å². The lowest BCUT2D eigenvalue weighted by molar-refractivity contribution is -0.143. The maximum atomic E-state index is 12.8. The normalized spacial score (nSPS) is 23.6. The Labute approximate surface area is 122 Å². The molecular weight excluding hydrogens is 314 g/mol. The van der Waals surface area contributed by atoms with Gasteiger partial charge in [-0.15, -0.1) is 0 Å². The lowest BCUT2D eigenvalue weighted by Gasteiger charge is -2.17. The lowest BCUT2D eigenvalue weighted by atomic mass is 10.00. The van der Waals surface area contributed by atoms with Crippen molar-refractivity contribution in [1.29, 1.82) is 0 Å². The molecule has 0 N–H and O–H groups in total. The summed E-state index contributed by atoms with van der Waals surface area (Å²) in [6, 6.07) is 1.89. The van der Waals surface area contributed by atoms with Gasteiger partial charge in [0.1, 0.15) is 0 Å². The zero-order valence-corrected chi connectivity index (χ0v) is 12.0. The Bertz CT molecular complexity index is 473. The molecule has 2 rings (SSSR count). The predicted molar refractivity (Wildman–Crippen MR) is 70.1 cm³/mol. The molecule has 1 aromatic rings. The highest BCUT2D eigenvalue weighted by molar-refractivity contribution is 8.00. The molecule has 1 aliphatic rings. The summed E-state index contributed by atoms with van der Waals surface area (Å²) in [6.45, 7) is 1.97. The first-order valence-corrected chi connectivity index (χ1v) is 7.50. The van der Waals surface area contributed by atoms with Crippen LogP contribution in [0.5, 0.6) is 0 Å². The minimum Gasteiger partial charge on any atom is -0.166 e. The molecule has 21 heavy (non-hydrogen) atoms. The summed E-state index contributed by atoms with van der Waals surface area (Å²) < 4.78 is 76.8. The highest BCUT2D eigenvalue weighted by Gasteiger charge is 2.38. The molecule has 0 bridgehead atoms. The van der Waals surface area contributed by atoms with Crippen molar-refractivity contribution in [3.05, 3.63) is 34.9 Å². The van der Waals surface area contributed by atoms with Crippen LogP contribution in [0, 0.1) is 0 Å². The molecule has 1 heterocycles. The minimum absolute atomic E-state index is 0.123. The van der Waals surface area contributed by atoms with Crippen LogP contribution in [0.4, 0.5) is 26.3 Å². The fourth-order valence-corrected chi connectivity index (χ4v) is 3.91. The number of hydrogen-bond acceptors (Lipinski definition) is 1. The molecule has 0 nitrogen and oxygen atoms in total. The molecular formula is C14H14F6S. The molecule has 1 aliphatic heterocycles. The molecule has 7 heteroatoms. The van der Waals surface area contributed by atoms with E-state index in [4.69, 9.17) is 0 Å². The van der Waals surface area contributed by atoms with Crippen molar-refractivity contribution in [2.75, 3.05) is 0 Å². The third-order valence-corrected chi connectivity index (χ3v) is 5.34. The minimum atomic E-state index is -4.77. The van der Waals surface area contributed by atoms with Crippen LogP contribution < -0.4 is 0 Å². The molecule has 1 aromatic carbocycles. The van der Waals surface area contributed by atoms with Crippen molar-refractivity contribution < 1.29 is 26.3 Å². The summed E-state index contributed by atoms with van der Waals surface area (Å²) in [5.41, 5.74) is -2.33. The molecule has 0 unspecified atom stereocenters. The summed E-state index contributed by atoms with van der Waals surface area (Å²) in [5.74, 6) is 0. The van der Waals surface area contributed by atoms with Crippen LogP contribution in [-0.2, 0) is 12.4 Å². The quantitative estimate of drug-likeness (QED) is 0.594. The van der Waals surface area contributed by atoms with E-state index in [0.717, 1.165) is 25.0 Å². The molecule has 1 fully saturated rings. The largest absolute Gasteiger partial charge is 0.416 e. The van der Waals surface area contributed by atoms with Gasteiger partial charge in [-0.05, 0) is 43.0 Å². The van der Waals surface area contributed by atoms with Crippen LogP contribution >= 0.6 is 11.8 Å². The maximum Gasteiger partial charge on any atom is 0.416 e. The van der Waals surface area contributed by atoms with Crippen molar-refractivity contribution in [2.24, 2.45) is 0 Å². The van der Waals surface area contributed by atoms with Gasteiger partial charge >= 0.3 is 12.4 Å². The van der Waals surface area contributed by atoms with Crippen LogP contribution in [0.15, 0.2) is 18.2 Å². The van der Waals surface area contributed by atoms with Crippen molar-refractivity contribution in [2.45, 2.75) is 49.0 Å². The molecule has 0 saturated carbocycles. The Kier molecular flexibility index (Phi) is 4.52. The Morgan fingerprint density at radius 1 is 0.952 bits per heavy atom. The van der Waals surface area contributed by atoms with Crippen LogP contribution in [-0.4, -0.2) is 5.25 Å². The SMILES string of the molecule is CC[C@@H]1CC[C@H](c2cc(C(F)(F)F)cc(C(F)(F)F)c2)S1. The van der Waals surface area contributed by atoms with E-state index in [1.54, 1.807) is 0 Å². The molecule has 0 aliphatic carbocycles. The van der Waals surface area contributed by atoms with E-state index in [-0.39, 0.29) is 16.9 Å². The molecule has 0 spiro atoms. The van der Waals surface area contributed by atoms with Gasteiger partial charge in [-0.1, -0.05) is 6.92 Å². The highest BCUT2D eigenvalue weighted by Crippen LogP contribution is 2.48. The van der Waals surface area contributed by atoms with Crippen molar-refractivity contribution in [1.82, 2.24) is 0 Å². The Morgan fingerprint density at radius 3 is 1.86 bits per heavy atom. The highest BCUT2D eigenvalue weighted by atomic mass is 32.2. The van der Waals surface area contributed by atoms with Gasteiger partial charge in [-0.3, -0.25) is 0 Å². The molecule has 2 atom stereocenters. The zero-order chi connectivity index (χ0) is 15.8. The number of alkyl halides is 6. The van der Waals surface area contributed by atoms with Crippen LogP contribution in [0.3, 0.4) is 0 Å². The number of thioether (sulfide) groups is 1. The number of benzene rings is 1. The second-order valence-corrected chi connectivity index (χ2v) is 6.58. The summed E-state index contributed by atoms with van der Waals surface area (Å²) in [5, 5.41) is 0.0113. The van der Waals surface area contributed by atoms with Gasteiger partial charge < -0.3 is 0 Å². The fourth-order valence-electron chi connectivity index (χ4n) is 2.42. The first-order chi connectivity index (χ1) is 9.61. The first-order valence-electron chi connectivity index (χ1n) is 6.56. The zero-order valence-electron chi connectivity index (χ0n) is 11.2. The van der Waals surface area contributed by atoms with Crippen molar-refractivity contribution in [3.8, 4) is 0 Å². The van der Waals surface area contributed by atoms with Gasteiger partial charge in [0.05, 0.1) is 11.1 Å². The van der Waals surface area contributed by atoms with E-state index >= 15 is 0 Å². The third-order valence-electron chi connectivity index (χ3n) is 3.54. The van der Waals surface area contributed by atoms with Gasteiger partial charge in [0.2, 0.25) is 0 Å². The van der Waals surface area contributed by atoms with E-state index in [1.165, 1.54) is 11.8 Å². The van der Waals surface area contributed by atoms with Gasteiger partial charge in [-0.25, -0.2) is 0 Å². The summed E-state index contributed by atoms with van der Waals surface area (Å²) >= 11 is 1.47.